The van der Waals surface area contributed by atoms with Crippen molar-refractivity contribution in [3.8, 4) is 5.75 Å². The van der Waals surface area contributed by atoms with E-state index in [9.17, 15) is 4.79 Å². The fourth-order valence-corrected chi connectivity index (χ4v) is 1.61. The highest BCUT2D eigenvalue weighted by molar-refractivity contribution is 7.80. The molecule has 3 N–H and O–H groups in total. The number of carbonyl (C=O) groups is 1. The van der Waals surface area contributed by atoms with Crippen LogP contribution in [0.25, 0.3) is 0 Å². The molecule has 1 aromatic carbocycles. The van der Waals surface area contributed by atoms with E-state index in [0.29, 0.717) is 17.4 Å². The summed E-state index contributed by atoms with van der Waals surface area (Å²) >= 11 is 4.96. The van der Waals surface area contributed by atoms with E-state index in [1.807, 2.05) is 32.0 Å². The van der Waals surface area contributed by atoms with Gasteiger partial charge in [0.1, 0.15) is 5.75 Å². The Hall–Kier alpha value is -2.08. The van der Waals surface area contributed by atoms with E-state index in [1.54, 1.807) is 13.0 Å². The zero-order valence-electron chi connectivity index (χ0n) is 12.5. The minimum absolute atomic E-state index is 0.309. The molecular formula is C15H21N3O2S. The van der Waals surface area contributed by atoms with E-state index in [-0.39, 0.29) is 5.91 Å². The fraction of sp³-hybridized carbons (Fsp3) is 0.333. The van der Waals surface area contributed by atoms with E-state index in [0.717, 1.165) is 5.56 Å². The van der Waals surface area contributed by atoms with Crippen molar-refractivity contribution < 1.29 is 9.53 Å². The summed E-state index contributed by atoms with van der Waals surface area (Å²) in [7, 11) is 0. The van der Waals surface area contributed by atoms with Crippen LogP contribution in [0.15, 0.2) is 30.9 Å². The quantitative estimate of drug-likeness (QED) is 0.439. The van der Waals surface area contributed by atoms with Gasteiger partial charge in [0.25, 0.3) is 5.91 Å². The lowest BCUT2D eigenvalue weighted by Gasteiger charge is -2.16. The molecule has 0 aliphatic heterocycles. The Balaban J connectivity index is 2.45. The van der Waals surface area contributed by atoms with Crippen molar-refractivity contribution in [2.75, 3.05) is 6.54 Å². The van der Waals surface area contributed by atoms with Crippen LogP contribution in [0.3, 0.4) is 0 Å². The molecule has 0 heterocycles. The molecule has 0 saturated carbocycles. The van der Waals surface area contributed by atoms with Gasteiger partial charge in [0.2, 0.25) is 0 Å². The summed E-state index contributed by atoms with van der Waals surface area (Å²) in [6, 6.07) is 5.71. The third kappa shape index (κ3) is 5.83. The summed E-state index contributed by atoms with van der Waals surface area (Å²) in [6.45, 7) is 9.78. The minimum Gasteiger partial charge on any atom is -0.481 e. The van der Waals surface area contributed by atoms with Gasteiger partial charge in [0.05, 0.1) is 0 Å². The predicted octanol–water partition coefficient (Wildman–Crippen LogP) is 1.75. The third-order valence-corrected chi connectivity index (χ3v) is 3.11. The first-order chi connectivity index (χ1) is 9.93. The molecule has 5 nitrogen and oxygen atoms in total. The second-order valence-corrected chi connectivity index (χ2v) is 5.03. The maximum atomic E-state index is 11.9. The number of hydrogen-bond acceptors (Lipinski definition) is 3. The highest BCUT2D eigenvalue weighted by Gasteiger charge is 2.14. The van der Waals surface area contributed by atoms with Crippen LogP contribution >= 0.6 is 12.2 Å². The predicted molar refractivity (Wildman–Crippen MR) is 88.1 cm³/mol. The van der Waals surface area contributed by atoms with E-state index < -0.39 is 6.10 Å². The average Bonchev–Trinajstić information content (AvgIpc) is 2.46. The third-order valence-electron chi connectivity index (χ3n) is 2.87. The largest absolute Gasteiger partial charge is 0.481 e. The van der Waals surface area contributed by atoms with Gasteiger partial charge >= 0.3 is 0 Å². The molecule has 6 heteroatoms. The van der Waals surface area contributed by atoms with Crippen molar-refractivity contribution in [1.29, 1.82) is 0 Å². The molecule has 1 atom stereocenters. The summed E-state index contributed by atoms with van der Waals surface area (Å²) in [4.78, 5) is 11.9. The van der Waals surface area contributed by atoms with Crippen molar-refractivity contribution in [1.82, 2.24) is 16.2 Å². The van der Waals surface area contributed by atoms with Crippen LogP contribution in [0.5, 0.6) is 5.75 Å². The Kier molecular flexibility index (Phi) is 6.68. The zero-order valence-corrected chi connectivity index (χ0v) is 13.3. The van der Waals surface area contributed by atoms with E-state index in [1.165, 1.54) is 5.56 Å². The molecule has 1 rings (SSSR count). The summed E-state index contributed by atoms with van der Waals surface area (Å²) in [5.41, 5.74) is 7.38. The molecule has 0 spiro atoms. The molecule has 114 valence electrons. The number of carbonyl (C=O) groups excluding carboxylic acids is 1. The number of amides is 1. The van der Waals surface area contributed by atoms with Gasteiger partial charge in [0.15, 0.2) is 11.2 Å². The molecule has 0 radical (unpaired) electrons. The lowest BCUT2D eigenvalue weighted by molar-refractivity contribution is -0.127. The first kappa shape index (κ1) is 17.0. The standard InChI is InChI=1S/C15H21N3O2S/c1-5-8-16-15(21)18-17-14(19)12(4)20-13-7-6-10(2)11(3)9-13/h5-7,9,12H,1,8H2,2-4H3,(H,17,19)(H2,16,18,21)/t12-/m0/s1. The first-order valence-electron chi connectivity index (χ1n) is 6.62. The van der Waals surface area contributed by atoms with Gasteiger partial charge < -0.3 is 10.1 Å². The molecule has 1 aromatic rings. The number of benzene rings is 1. The maximum Gasteiger partial charge on any atom is 0.279 e. The second-order valence-electron chi connectivity index (χ2n) is 4.62. The van der Waals surface area contributed by atoms with Crippen molar-refractivity contribution in [2.24, 2.45) is 0 Å². The van der Waals surface area contributed by atoms with Gasteiger partial charge in [-0.25, -0.2) is 0 Å². The van der Waals surface area contributed by atoms with Crippen molar-refractivity contribution >= 4 is 23.2 Å². The van der Waals surface area contributed by atoms with Crippen molar-refractivity contribution in [3.05, 3.63) is 42.0 Å². The number of nitrogens with one attached hydrogen (secondary N) is 3. The Labute approximate surface area is 130 Å². The molecule has 0 aliphatic rings. The molecule has 0 aliphatic carbocycles. The van der Waals surface area contributed by atoms with E-state index >= 15 is 0 Å². The molecule has 1 amide bonds. The van der Waals surface area contributed by atoms with Crippen molar-refractivity contribution in [2.45, 2.75) is 26.9 Å². The Morgan fingerprint density at radius 2 is 2.10 bits per heavy atom. The smallest absolute Gasteiger partial charge is 0.279 e. The topological polar surface area (TPSA) is 62.4 Å². The van der Waals surface area contributed by atoms with Crippen LogP contribution in [0.4, 0.5) is 0 Å². The minimum atomic E-state index is -0.637. The zero-order chi connectivity index (χ0) is 15.8. The highest BCUT2D eigenvalue weighted by atomic mass is 32.1. The Bertz CT molecular complexity index is 532. The van der Waals surface area contributed by atoms with Crippen LogP contribution in [-0.2, 0) is 4.79 Å². The van der Waals surface area contributed by atoms with E-state index in [4.69, 9.17) is 17.0 Å². The number of hydrazine groups is 1. The molecule has 0 unspecified atom stereocenters. The van der Waals surface area contributed by atoms with Gasteiger partial charge in [-0.2, -0.15) is 0 Å². The Morgan fingerprint density at radius 1 is 1.38 bits per heavy atom. The second kappa shape index (κ2) is 8.26. The number of rotatable bonds is 5. The molecule has 0 fully saturated rings. The van der Waals surface area contributed by atoms with Gasteiger partial charge in [-0.3, -0.25) is 15.6 Å². The SMILES string of the molecule is C=CCNC(=S)NNC(=O)[C@H](C)Oc1ccc(C)c(C)c1. The summed E-state index contributed by atoms with van der Waals surface area (Å²) in [6.07, 6.45) is 1.03. The normalized spacial score (nSPS) is 11.2. The summed E-state index contributed by atoms with van der Waals surface area (Å²) in [5.74, 6) is 0.351. The summed E-state index contributed by atoms with van der Waals surface area (Å²) in [5, 5.41) is 3.16. The number of thiocarbonyl (C=S) groups is 1. The number of ether oxygens (including phenoxy) is 1. The average molecular weight is 307 g/mol. The molecule has 0 saturated heterocycles. The lowest BCUT2D eigenvalue weighted by Crippen LogP contribution is -2.50. The Morgan fingerprint density at radius 3 is 2.71 bits per heavy atom. The van der Waals surface area contributed by atoms with Crippen LogP contribution in [0, 0.1) is 13.8 Å². The van der Waals surface area contributed by atoms with Gasteiger partial charge in [-0.1, -0.05) is 12.1 Å². The van der Waals surface area contributed by atoms with Gasteiger partial charge in [-0.15, -0.1) is 6.58 Å². The molecule has 0 bridgehead atoms. The number of aryl methyl sites for hydroxylation is 2. The number of hydrogen-bond donors (Lipinski definition) is 3. The van der Waals surface area contributed by atoms with Crippen LogP contribution in [0.2, 0.25) is 0 Å². The van der Waals surface area contributed by atoms with Gasteiger partial charge in [-0.05, 0) is 56.2 Å². The van der Waals surface area contributed by atoms with Crippen LogP contribution in [-0.4, -0.2) is 23.7 Å². The summed E-state index contributed by atoms with van der Waals surface area (Å²) < 4.78 is 5.59. The maximum absolute atomic E-state index is 11.9. The monoisotopic (exact) mass is 307 g/mol. The molecule has 21 heavy (non-hydrogen) atoms. The lowest BCUT2D eigenvalue weighted by atomic mass is 10.1. The highest BCUT2D eigenvalue weighted by Crippen LogP contribution is 2.17. The fourth-order valence-electron chi connectivity index (χ4n) is 1.47. The molecule has 0 aromatic heterocycles. The van der Waals surface area contributed by atoms with Gasteiger partial charge in [0, 0.05) is 6.54 Å². The van der Waals surface area contributed by atoms with Crippen LogP contribution < -0.4 is 20.9 Å². The molecular weight excluding hydrogens is 286 g/mol. The first-order valence-corrected chi connectivity index (χ1v) is 7.03. The van der Waals surface area contributed by atoms with Crippen molar-refractivity contribution in [3.63, 3.8) is 0 Å². The van der Waals surface area contributed by atoms with E-state index in [2.05, 4.69) is 22.7 Å². The van der Waals surface area contributed by atoms with Crippen LogP contribution in [0.1, 0.15) is 18.1 Å².